The molecule has 0 aromatic rings. The van der Waals surface area contributed by atoms with Gasteiger partial charge in [-0.2, -0.15) is 0 Å². The lowest BCUT2D eigenvalue weighted by atomic mass is 10.2. The van der Waals surface area contributed by atoms with E-state index in [1.807, 2.05) is 0 Å². The topological polar surface area (TPSA) is 26.0 Å². The molecule has 0 aromatic carbocycles. The summed E-state index contributed by atoms with van der Waals surface area (Å²) in [5.74, 6) is 0. The number of hydrogen-bond acceptors (Lipinski definition) is 1. The zero-order valence-corrected chi connectivity index (χ0v) is 7.49. The highest BCUT2D eigenvalue weighted by Gasteiger charge is 1.86. The van der Waals surface area contributed by atoms with E-state index in [1.165, 1.54) is 32.1 Å². The first-order chi connectivity index (χ1) is 4.41. The molecule has 0 radical (unpaired) electrons. The van der Waals surface area contributed by atoms with E-state index in [2.05, 4.69) is 15.9 Å². The summed E-state index contributed by atoms with van der Waals surface area (Å²) in [5, 5.41) is 1.15. The van der Waals surface area contributed by atoms with Crippen LogP contribution in [0.2, 0.25) is 0 Å². The Hall–Kier alpha value is 0.440. The van der Waals surface area contributed by atoms with Crippen LogP contribution in [0.3, 0.4) is 0 Å². The Balaban J connectivity index is 2.60. The first kappa shape index (κ1) is 9.44. The molecule has 0 saturated carbocycles. The summed E-state index contributed by atoms with van der Waals surface area (Å²) in [4.78, 5) is 0. The molecule has 0 unspecified atom stereocenters. The van der Waals surface area contributed by atoms with Crippen molar-refractivity contribution in [2.75, 3.05) is 11.9 Å². The monoisotopic (exact) mass is 193 g/mol. The minimum absolute atomic E-state index is 0.855. The smallest absolute Gasteiger partial charge is 0.00313 e. The lowest BCUT2D eigenvalue weighted by molar-refractivity contribution is 0.641. The normalized spacial score (nSPS) is 10.0. The van der Waals surface area contributed by atoms with E-state index < -0.39 is 0 Å². The van der Waals surface area contributed by atoms with Crippen molar-refractivity contribution in [3.8, 4) is 0 Å². The summed E-state index contributed by atoms with van der Waals surface area (Å²) < 4.78 is 0. The van der Waals surface area contributed by atoms with Crippen molar-refractivity contribution in [3.05, 3.63) is 0 Å². The summed E-state index contributed by atoms with van der Waals surface area (Å²) >= 11 is 3.39. The van der Waals surface area contributed by atoms with Crippen molar-refractivity contribution in [2.24, 2.45) is 5.73 Å². The molecule has 0 rings (SSSR count). The lowest BCUT2D eigenvalue weighted by Gasteiger charge is -1.95. The fourth-order valence-corrected chi connectivity index (χ4v) is 1.17. The Labute approximate surface area is 66.1 Å². The third-order valence-electron chi connectivity index (χ3n) is 1.34. The standard InChI is InChI=1S/C7H16BrN/c8-6-4-2-1-3-5-7-9/h1-7,9H2. The molecule has 0 bridgehead atoms. The minimum atomic E-state index is 0.855. The Morgan fingerprint density at radius 2 is 1.44 bits per heavy atom. The van der Waals surface area contributed by atoms with Crippen LogP contribution in [0.15, 0.2) is 0 Å². The van der Waals surface area contributed by atoms with Gasteiger partial charge in [0.05, 0.1) is 0 Å². The summed E-state index contributed by atoms with van der Waals surface area (Å²) in [6, 6.07) is 0. The summed E-state index contributed by atoms with van der Waals surface area (Å²) in [6.07, 6.45) is 6.52. The predicted octanol–water partition coefficient (Wildman–Crippen LogP) is 2.29. The molecule has 0 aliphatic heterocycles. The van der Waals surface area contributed by atoms with E-state index >= 15 is 0 Å². The van der Waals surface area contributed by atoms with Crippen LogP contribution in [0.1, 0.15) is 32.1 Å². The van der Waals surface area contributed by atoms with Crippen molar-refractivity contribution >= 4 is 15.9 Å². The van der Waals surface area contributed by atoms with Crippen LogP contribution in [-0.4, -0.2) is 11.9 Å². The van der Waals surface area contributed by atoms with Gasteiger partial charge in [0.1, 0.15) is 0 Å². The van der Waals surface area contributed by atoms with Gasteiger partial charge in [0.2, 0.25) is 0 Å². The number of hydrogen-bond donors (Lipinski definition) is 1. The average molecular weight is 194 g/mol. The molecule has 56 valence electrons. The Morgan fingerprint density at radius 1 is 0.889 bits per heavy atom. The van der Waals surface area contributed by atoms with Gasteiger partial charge in [-0.25, -0.2) is 0 Å². The van der Waals surface area contributed by atoms with Gasteiger partial charge < -0.3 is 5.73 Å². The lowest BCUT2D eigenvalue weighted by Crippen LogP contribution is -1.97. The van der Waals surface area contributed by atoms with Gasteiger partial charge in [-0.3, -0.25) is 0 Å². The fourth-order valence-electron chi connectivity index (χ4n) is 0.769. The molecule has 0 spiro atoms. The third-order valence-corrected chi connectivity index (χ3v) is 1.90. The molecule has 2 heteroatoms. The highest BCUT2D eigenvalue weighted by atomic mass is 79.9. The second kappa shape index (κ2) is 8.44. The highest BCUT2D eigenvalue weighted by molar-refractivity contribution is 9.09. The Bertz CT molecular complexity index is 42.2. The van der Waals surface area contributed by atoms with Gasteiger partial charge in [-0.1, -0.05) is 35.2 Å². The van der Waals surface area contributed by atoms with Crippen LogP contribution in [-0.2, 0) is 0 Å². The van der Waals surface area contributed by atoms with E-state index in [4.69, 9.17) is 5.73 Å². The highest BCUT2D eigenvalue weighted by Crippen LogP contribution is 2.03. The van der Waals surface area contributed by atoms with Crippen LogP contribution in [0.5, 0.6) is 0 Å². The number of unbranched alkanes of at least 4 members (excludes halogenated alkanes) is 4. The quantitative estimate of drug-likeness (QED) is 0.509. The molecule has 2 N–H and O–H groups in total. The molecular weight excluding hydrogens is 178 g/mol. The molecule has 1 nitrogen and oxygen atoms in total. The Kier molecular flexibility index (Phi) is 8.85. The number of alkyl halides is 1. The predicted molar refractivity (Wildman–Crippen MR) is 45.9 cm³/mol. The molecule has 0 aromatic heterocycles. The summed E-state index contributed by atoms with van der Waals surface area (Å²) in [5.41, 5.74) is 5.33. The molecular formula is C7H16BrN. The van der Waals surface area contributed by atoms with Gasteiger partial charge >= 0.3 is 0 Å². The molecule has 9 heavy (non-hydrogen) atoms. The largest absolute Gasteiger partial charge is 0.330 e. The van der Waals surface area contributed by atoms with E-state index in [-0.39, 0.29) is 0 Å². The average Bonchev–Trinajstić information content (AvgIpc) is 1.89. The molecule has 0 atom stereocenters. The van der Waals surface area contributed by atoms with Gasteiger partial charge in [-0.05, 0) is 19.4 Å². The second-order valence-corrected chi connectivity index (χ2v) is 3.04. The first-order valence-electron chi connectivity index (χ1n) is 3.68. The van der Waals surface area contributed by atoms with Gasteiger partial charge in [0.25, 0.3) is 0 Å². The van der Waals surface area contributed by atoms with Gasteiger partial charge in [-0.15, -0.1) is 0 Å². The molecule has 0 aliphatic rings. The number of nitrogens with two attached hydrogens (primary N) is 1. The van der Waals surface area contributed by atoms with E-state index in [0.29, 0.717) is 0 Å². The first-order valence-corrected chi connectivity index (χ1v) is 4.80. The van der Waals surface area contributed by atoms with Crippen molar-refractivity contribution in [2.45, 2.75) is 32.1 Å². The van der Waals surface area contributed by atoms with Crippen molar-refractivity contribution in [3.63, 3.8) is 0 Å². The zero-order valence-electron chi connectivity index (χ0n) is 5.91. The van der Waals surface area contributed by atoms with E-state index in [1.54, 1.807) is 0 Å². The van der Waals surface area contributed by atoms with Gasteiger partial charge in [0.15, 0.2) is 0 Å². The summed E-state index contributed by atoms with van der Waals surface area (Å²) in [6.45, 7) is 0.855. The molecule has 0 saturated heterocycles. The second-order valence-electron chi connectivity index (χ2n) is 2.25. The Morgan fingerprint density at radius 3 is 2.00 bits per heavy atom. The fraction of sp³-hybridized carbons (Fsp3) is 1.00. The molecule has 0 amide bonds. The van der Waals surface area contributed by atoms with E-state index in [9.17, 15) is 0 Å². The van der Waals surface area contributed by atoms with Crippen molar-refractivity contribution < 1.29 is 0 Å². The molecule has 0 fully saturated rings. The zero-order chi connectivity index (χ0) is 6.95. The SMILES string of the molecule is NCCCCCCCBr. The van der Waals surface area contributed by atoms with Crippen molar-refractivity contribution in [1.29, 1.82) is 0 Å². The van der Waals surface area contributed by atoms with Crippen LogP contribution in [0.25, 0.3) is 0 Å². The molecule has 0 heterocycles. The van der Waals surface area contributed by atoms with Crippen LogP contribution < -0.4 is 5.73 Å². The maximum atomic E-state index is 5.33. The van der Waals surface area contributed by atoms with Gasteiger partial charge in [0, 0.05) is 5.33 Å². The number of rotatable bonds is 6. The van der Waals surface area contributed by atoms with Crippen LogP contribution in [0, 0.1) is 0 Å². The minimum Gasteiger partial charge on any atom is -0.330 e. The maximum absolute atomic E-state index is 5.33. The summed E-state index contributed by atoms with van der Waals surface area (Å²) in [7, 11) is 0. The van der Waals surface area contributed by atoms with Crippen molar-refractivity contribution in [1.82, 2.24) is 0 Å². The maximum Gasteiger partial charge on any atom is 0.00313 e. The van der Waals surface area contributed by atoms with Crippen LogP contribution in [0.4, 0.5) is 0 Å². The van der Waals surface area contributed by atoms with Crippen LogP contribution >= 0.6 is 15.9 Å². The number of halogens is 1. The van der Waals surface area contributed by atoms with E-state index in [0.717, 1.165) is 11.9 Å². The third kappa shape index (κ3) is 8.44. The molecule has 0 aliphatic carbocycles.